The number of ether oxygens (including phenoxy) is 1. The third kappa shape index (κ3) is 3.87. The Morgan fingerprint density at radius 3 is 2.60 bits per heavy atom. The van der Waals surface area contributed by atoms with Crippen LogP contribution in [0.25, 0.3) is 0 Å². The van der Waals surface area contributed by atoms with Crippen LogP contribution in [-0.4, -0.2) is 53.5 Å². The number of rotatable bonds is 5. The third-order valence-corrected chi connectivity index (χ3v) is 5.56. The number of carbonyl (C=O) groups is 2. The van der Waals surface area contributed by atoms with E-state index >= 15 is 0 Å². The van der Waals surface area contributed by atoms with Crippen LogP contribution in [0.2, 0.25) is 5.02 Å². The average Bonchev–Trinajstić information content (AvgIpc) is 2.95. The molecule has 1 atom stereocenters. The Balaban J connectivity index is 1.57. The molecule has 8 heteroatoms. The number of imide groups is 1. The molecule has 2 aliphatic heterocycles. The highest BCUT2D eigenvalue weighted by molar-refractivity contribution is 6.32. The Morgan fingerprint density at radius 2 is 1.90 bits per heavy atom. The van der Waals surface area contributed by atoms with Crippen molar-refractivity contribution in [3.8, 4) is 5.75 Å². The summed E-state index contributed by atoms with van der Waals surface area (Å²) in [5, 5.41) is 0.0933. The summed E-state index contributed by atoms with van der Waals surface area (Å²) in [4.78, 5) is 30.6. The molecular weight excluding hydrogens is 409 g/mol. The van der Waals surface area contributed by atoms with Gasteiger partial charge in [-0.2, -0.15) is 0 Å². The van der Waals surface area contributed by atoms with Crippen molar-refractivity contribution < 1.29 is 18.7 Å². The second-order valence-corrected chi connectivity index (χ2v) is 8.19. The van der Waals surface area contributed by atoms with Gasteiger partial charge in [-0.25, -0.2) is 14.1 Å². The SMILES string of the molecule is CC(C)Oc1cc(N2C(=O)C3CN(Cc4ccccc4)CCN3C2=O)c(F)cc1Cl. The lowest BCUT2D eigenvalue weighted by Gasteiger charge is -2.35. The first-order chi connectivity index (χ1) is 14.3. The van der Waals surface area contributed by atoms with Gasteiger partial charge in [0.15, 0.2) is 0 Å². The Labute approximate surface area is 179 Å². The summed E-state index contributed by atoms with van der Waals surface area (Å²) in [5.74, 6) is -0.937. The number of carbonyl (C=O) groups excluding carboxylic acids is 2. The van der Waals surface area contributed by atoms with Crippen molar-refractivity contribution >= 4 is 29.2 Å². The number of nitrogens with zero attached hydrogens (tertiary/aromatic N) is 3. The highest BCUT2D eigenvalue weighted by Crippen LogP contribution is 2.36. The number of hydrogen-bond acceptors (Lipinski definition) is 4. The van der Waals surface area contributed by atoms with Gasteiger partial charge in [0, 0.05) is 32.2 Å². The molecule has 30 heavy (non-hydrogen) atoms. The maximum Gasteiger partial charge on any atom is 0.332 e. The van der Waals surface area contributed by atoms with E-state index in [2.05, 4.69) is 4.90 Å². The van der Waals surface area contributed by atoms with Crippen molar-refractivity contribution in [1.82, 2.24) is 9.80 Å². The van der Waals surface area contributed by atoms with Gasteiger partial charge < -0.3 is 9.64 Å². The fourth-order valence-corrected chi connectivity index (χ4v) is 4.09. The minimum absolute atomic E-state index is 0.0933. The summed E-state index contributed by atoms with van der Waals surface area (Å²) in [6.07, 6.45) is -0.191. The molecule has 2 aliphatic rings. The van der Waals surface area contributed by atoms with E-state index in [1.165, 1.54) is 11.0 Å². The van der Waals surface area contributed by atoms with E-state index < -0.39 is 23.8 Å². The molecule has 0 bridgehead atoms. The van der Waals surface area contributed by atoms with Gasteiger partial charge in [-0.15, -0.1) is 0 Å². The summed E-state index contributed by atoms with van der Waals surface area (Å²) in [5.41, 5.74) is 1.01. The number of amides is 3. The second kappa shape index (κ2) is 8.24. The van der Waals surface area contributed by atoms with Crippen molar-refractivity contribution in [2.75, 3.05) is 24.5 Å². The number of urea groups is 1. The zero-order valence-corrected chi connectivity index (χ0v) is 17.6. The monoisotopic (exact) mass is 431 g/mol. The molecule has 0 aromatic heterocycles. The van der Waals surface area contributed by atoms with Crippen molar-refractivity contribution in [3.05, 3.63) is 58.9 Å². The first-order valence-electron chi connectivity index (χ1n) is 9.91. The fraction of sp³-hybridized carbons (Fsp3) is 0.364. The van der Waals surface area contributed by atoms with E-state index in [4.69, 9.17) is 16.3 Å². The molecule has 158 valence electrons. The van der Waals surface area contributed by atoms with Crippen molar-refractivity contribution in [2.45, 2.75) is 32.5 Å². The molecule has 0 aliphatic carbocycles. The van der Waals surface area contributed by atoms with E-state index in [9.17, 15) is 14.0 Å². The van der Waals surface area contributed by atoms with E-state index in [1.54, 1.807) is 0 Å². The van der Waals surface area contributed by atoms with Crippen LogP contribution in [0.5, 0.6) is 5.75 Å². The predicted molar refractivity (Wildman–Crippen MR) is 112 cm³/mol. The summed E-state index contributed by atoms with van der Waals surface area (Å²) in [7, 11) is 0. The van der Waals surface area contributed by atoms with Crippen molar-refractivity contribution in [3.63, 3.8) is 0 Å². The van der Waals surface area contributed by atoms with Crippen LogP contribution in [0.3, 0.4) is 0 Å². The Kier molecular flexibility index (Phi) is 5.66. The van der Waals surface area contributed by atoms with Crippen LogP contribution in [0.1, 0.15) is 19.4 Å². The number of anilines is 1. The van der Waals surface area contributed by atoms with Crippen LogP contribution in [0, 0.1) is 5.82 Å². The van der Waals surface area contributed by atoms with Crippen molar-refractivity contribution in [2.24, 2.45) is 0 Å². The number of piperazine rings is 1. The van der Waals surface area contributed by atoms with Gasteiger partial charge in [-0.05, 0) is 25.5 Å². The maximum atomic E-state index is 14.7. The van der Waals surface area contributed by atoms with Gasteiger partial charge in [0.25, 0.3) is 5.91 Å². The fourth-order valence-electron chi connectivity index (χ4n) is 3.89. The smallest absolute Gasteiger partial charge is 0.332 e. The lowest BCUT2D eigenvalue weighted by Crippen LogP contribution is -2.52. The quantitative estimate of drug-likeness (QED) is 0.673. The van der Waals surface area contributed by atoms with E-state index in [0.717, 1.165) is 16.5 Å². The molecule has 0 saturated carbocycles. The molecule has 2 aromatic rings. The number of halogens is 2. The molecule has 0 spiro atoms. The number of benzene rings is 2. The Morgan fingerprint density at radius 1 is 1.17 bits per heavy atom. The molecule has 4 rings (SSSR count). The minimum Gasteiger partial charge on any atom is -0.489 e. The summed E-state index contributed by atoms with van der Waals surface area (Å²) in [6, 6.07) is 11.2. The molecule has 2 fully saturated rings. The third-order valence-electron chi connectivity index (χ3n) is 5.26. The van der Waals surface area contributed by atoms with Gasteiger partial charge in [-0.1, -0.05) is 41.9 Å². The van der Waals surface area contributed by atoms with Crippen LogP contribution in [0.4, 0.5) is 14.9 Å². The molecule has 1 unspecified atom stereocenters. The minimum atomic E-state index is -0.737. The molecule has 2 heterocycles. The summed E-state index contributed by atoms with van der Waals surface area (Å²) in [6.45, 7) is 5.77. The lowest BCUT2D eigenvalue weighted by atomic mass is 10.1. The van der Waals surface area contributed by atoms with Gasteiger partial charge >= 0.3 is 6.03 Å². The van der Waals surface area contributed by atoms with Gasteiger partial charge in [0.1, 0.15) is 17.6 Å². The van der Waals surface area contributed by atoms with E-state index in [-0.39, 0.29) is 22.6 Å². The standard InChI is InChI=1S/C22H23ClFN3O3/c1-14(2)30-20-11-18(17(24)10-16(20)23)27-21(28)19-13-25(8-9-26(19)22(27)29)12-15-6-4-3-5-7-15/h3-7,10-11,14,19H,8-9,12-13H2,1-2H3. The zero-order chi connectivity index (χ0) is 21.4. The zero-order valence-electron chi connectivity index (χ0n) is 16.8. The van der Waals surface area contributed by atoms with E-state index in [0.29, 0.717) is 26.2 Å². The van der Waals surface area contributed by atoms with Crippen LogP contribution < -0.4 is 9.64 Å². The molecule has 6 nitrogen and oxygen atoms in total. The van der Waals surface area contributed by atoms with Gasteiger partial charge in [0.2, 0.25) is 0 Å². The molecule has 0 N–H and O–H groups in total. The predicted octanol–water partition coefficient (Wildman–Crippen LogP) is 3.92. The van der Waals surface area contributed by atoms with Crippen LogP contribution in [-0.2, 0) is 11.3 Å². The Bertz CT molecular complexity index is 970. The van der Waals surface area contributed by atoms with Gasteiger partial charge in [-0.3, -0.25) is 9.69 Å². The second-order valence-electron chi connectivity index (χ2n) is 7.79. The van der Waals surface area contributed by atoms with Crippen LogP contribution in [0.15, 0.2) is 42.5 Å². The first kappa shape index (κ1) is 20.6. The number of hydrogen-bond donors (Lipinski definition) is 0. The summed E-state index contributed by atoms with van der Waals surface area (Å²) < 4.78 is 20.3. The highest BCUT2D eigenvalue weighted by Gasteiger charge is 2.49. The molecule has 3 amide bonds. The highest BCUT2D eigenvalue weighted by atomic mass is 35.5. The number of fused-ring (bicyclic) bond motifs is 1. The largest absolute Gasteiger partial charge is 0.489 e. The Hall–Kier alpha value is -2.64. The maximum absolute atomic E-state index is 14.7. The topological polar surface area (TPSA) is 53.1 Å². The van der Waals surface area contributed by atoms with Crippen LogP contribution >= 0.6 is 11.6 Å². The molecule has 2 aromatic carbocycles. The normalized spacial score (nSPS) is 19.6. The lowest BCUT2D eigenvalue weighted by molar-refractivity contribution is -0.121. The molecule has 2 saturated heterocycles. The molecular formula is C22H23ClFN3O3. The molecule has 0 radical (unpaired) electrons. The first-order valence-corrected chi connectivity index (χ1v) is 10.3. The summed E-state index contributed by atoms with van der Waals surface area (Å²) >= 11 is 6.07. The van der Waals surface area contributed by atoms with Crippen molar-refractivity contribution in [1.29, 1.82) is 0 Å². The average molecular weight is 432 g/mol. The van der Waals surface area contributed by atoms with Gasteiger partial charge in [0.05, 0.1) is 16.8 Å². The van der Waals surface area contributed by atoms with E-state index in [1.807, 2.05) is 44.2 Å².